The van der Waals surface area contributed by atoms with Crippen LogP contribution in [0.15, 0.2) is 51.5 Å². The lowest BCUT2D eigenvalue weighted by atomic mass is 10.2. The number of aryl methyl sites for hydroxylation is 1. The highest BCUT2D eigenvalue weighted by molar-refractivity contribution is 7.87. The lowest BCUT2D eigenvalue weighted by molar-refractivity contribution is -0.137. The van der Waals surface area contributed by atoms with E-state index in [4.69, 9.17) is 32.0 Å². The summed E-state index contributed by atoms with van der Waals surface area (Å²) < 4.78 is 74.4. The second kappa shape index (κ2) is 9.88. The maximum Gasteiger partial charge on any atom is 0.416 e. The Balaban J connectivity index is 2.19. The van der Waals surface area contributed by atoms with Crippen molar-refractivity contribution >= 4 is 33.9 Å². The highest BCUT2D eigenvalue weighted by Crippen LogP contribution is 2.34. The van der Waals surface area contributed by atoms with E-state index >= 15 is 0 Å². The van der Waals surface area contributed by atoms with Crippen molar-refractivity contribution in [1.29, 1.82) is 0 Å². The van der Waals surface area contributed by atoms with Crippen LogP contribution in [-0.2, 0) is 16.3 Å². The summed E-state index contributed by atoms with van der Waals surface area (Å²) in [7, 11) is -4.65. The summed E-state index contributed by atoms with van der Waals surface area (Å²) in [6.07, 6.45) is -2.99. The van der Waals surface area contributed by atoms with Crippen LogP contribution in [0, 0.1) is 6.92 Å². The summed E-state index contributed by atoms with van der Waals surface area (Å²) >= 11 is 5.80. The number of alkyl halides is 3. The van der Waals surface area contributed by atoms with Crippen molar-refractivity contribution in [3.63, 3.8) is 0 Å². The molecule has 31 heavy (non-hydrogen) atoms. The zero-order chi connectivity index (χ0) is 23.2. The summed E-state index contributed by atoms with van der Waals surface area (Å²) in [4.78, 5) is -0.802. The quantitative estimate of drug-likeness (QED) is 0.196. The second-order valence-corrected chi connectivity index (χ2v) is 8.04. The number of nitrogens with two attached hydrogens (primary N) is 2. The van der Waals surface area contributed by atoms with E-state index in [1.165, 1.54) is 18.3 Å². The highest BCUT2D eigenvalue weighted by atomic mass is 35.5. The summed E-state index contributed by atoms with van der Waals surface area (Å²) in [6, 6.07) is 6.21. The molecule has 0 amide bonds. The first-order valence-electron chi connectivity index (χ1n) is 8.54. The minimum Gasteiger partial charge on any atom is -0.493 e. The minimum absolute atomic E-state index is 0.155. The van der Waals surface area contributed by atoms with Crippen LogP contribution in [0.4, 0.5) is 13.2 Å². The summed E-state index contributed by atoms with van der Waals surface area (Å²) in [5.41, 5.74) is 9.66. The largest absolute Gasteiger partial charge is 0.493 e. The number of hydrogen-bond donors (Lipinski definition) is 2. The Labute approximate surface area is 181 Å². The second-order valence-electron chi connectivity index (χ2n) is 6.12. The first kappa shape index (κ1) is 24.3. The molecule has 0 aliphatic heterocycles. The molecule has 2 aromatic rings. The Kier molecular flexibility index (Phi) is 7.74. The lowest BCUT2D eigenvalue weighted by Crippen LogP contribution is -2.21. The highest BCUT2D eigenvalue weighted by Gasteiger charge is 2.33. The molecule has 2 rings (SSSR count). The molecule has 0 heterocycles. The number of rotatable bonds is 8. The van der Waals surface area contributed by atoms with Crippen molar-refractivity contribution in [3.8, 4) is 11.5 Å². The van der Waals surface area contributed by atoms with Gasteiger partial charge in [-0.3, -0.25) is 0 Å². The van der Waals surface area contributed by atoms with Gasteiger partial charge in [-0.1, -0.05) is 11.6 Å². The van der Waals surface area contributed by atoms with Gasteiger partial charge in [0.25, 0.3) is 0 Å². The number of hydrogen-bond acceptors (Lipinski definition) is 6. The maximum atomic E-state index is 12.9. The van der Waals surface area contributed by atoms with Crippen molar-refractivity contribution in [3.05, 3.63) is 52.5 Å². The Morgan fingerprint density at radius 1 is 1.16 bits per heavy atom. The molecule has 168 valence electrons. The fourth-order valence-electron chi connectivity index (χ4n) is 2.28. The van der Waals surface area contributed by atoms with Crippen molar-refractivity contribution in [2.24, 2.45) is 21.7 Å². The van der Waals surface area contributed by atoms with Gasteiger partial charge >= 0.3 is 16.3 Å². The molecule has 0 aliphatic carbocycles. The molecule has 0 unspecified atom stereocenters. The Morgan fingerprint density at radius 3 is 2.48 bits per heavy atom. The zero-order valence-electron chi connectivity index (χ0n) is 16.1. The van der Waals surface area contributed by atoms with Crippen LogP contribution >= 0.6 is 11.6 Å². The molecule has 8 nitrogen and oxygen atoms in total. The van der Waals surface area contributed by atoms with Gasteiger partial charge in [0, 0.05) is 18.7 Å². The molecule has 0 fully saturated rings. The van der Waals surface area contributed by atoms with E-state index in [0.717, 1.165) is 6.07 Å². The fraction of sp³-hybridized carbons (Fsp3) is 0.222. The third-order valence-electron chi connectivity index (χ3n) is 3.53. The van der Waals surface area contributed by atoms with Crippen LogP contribution in [0.1, 0.15) is 17.5 Å². The lowest BCUT2D eigenvalue weighted by Gasteiger charge is -2.13. The van der Waals surface area contributed by atoms with Gasteiger partial charge in [0.2, 0.25) is 5.96 Å². The SMILES string of the molecule is Cc1cc(OCCC=NN=C(N)N)cc(OS(=O)(=O)c2cc(C(F)(F)F)ccc2Cl)c1. The molecule has 0 radical (unpaired) electrons. The standard InChI is InChI=1S/C18H18ClF3N4O4S/c1-11-7-13(29-6-2-5-25-26-17(23)24)10-14(8-11)30-31(27,28)16-9-12(18(20,21)22)3-4-15(16)19/h3-5,7-10H,2,6H2,1H3,(H4,23,24,26). The third-order valence-corrected chi connectivity index (χ3v) is 5.26. The predicted octanol–water partition coefficient (Wildman–Crippen LogP) is 3.46. The smallest absolute Gasteiger partial charge is 0.416 e. The van der Waals surface area contributed by atoms with Gasteiger partial charge in [-0.2, -0.15) is 26.7 Å². The van der Waals surface area contributed by atoms with Gasteiger partial charge in [0.05, 0.1) is 17.2 Å². The average molecular weight is 479 g/mol. The molecular weight excluding hydrogens is 461 g/mol. The monoisotopic (exact) mass is 478 g/mol. The van der Waals surface area contributed by atoms with Crippen molar-refractivity contribution in [1.82, 2.24) is 0 Å². The predicted molar refractivity (Wildman–Crippen MR) is 110 cm³/mol. The number of ether oxygens (including phenoxy) is 1. The molecule has 13 heteroatoms. The molecule has 0 bridgehead atoms. The van der Waals surface area contributed by atoms with Crippen LogP contribution in [0.2, 0.25) is 5.02 Å². The molecule has 4 N–H and O–H groups in total. The molecule has 0 saturated heterocycles. The van der Waals surface area contributed by atoms with E-state index in [2.05, 4.69) is 10.2 Å². The summed E-state index contributed by atoms with van der Waals surface area (Å²) in [5.74, 6) is -0.0760. The third kappa shape index (κ3) is 7.33. The normalized spacial score (nSPS) is 12.0. The fourth-order valence-corrected chi connectivity index (χ4v) is 3.70. The minimum atomic E-state index is -4.75. The number of guanidine groups is 1. The molecule has 0 aliphatic rings. The number of halogens is 4. The maximum absolute atomic E-state index is 12.9. The summed E-state index contributed by atoms with van der Waals surface area (Å²) in [6.45, 7) is 1.82. The van der Waals surface area contributed by atoms with Gasteiger partial charge in [0.15, 0.2) is 0 Å². The van der Waals surface area contributed by atoms with Crippen molar-refractivity contribution in [2.75, 3.05) is 6.61 Å². The molecule has 0 aromatic heterocycles. The van der Waals surface area contributed by atoms with Gasteiger partial charge in [-0.05, 0) is 42.8 Å². The van der Waals surface area contributed by atoms with E-state index in [1.807, 2.05) is 0 Å². The molecule has 0 atom stereocenters. The number of benzene rings is 2. The van der Waals surface area contributed by atoms with Crippen molar-refractivity contribution in [2.45, 2.75) is 24.4 Å². The average Bonchev–Trinajstić information content (AvgIpc) is 2.62. The molecule has 0 spiro atoms. The Bertz CT molecular complexity index is 1100. The van der Waals surface area contributed by atoms with Gasteiger partial charge < -0.3 is 20.4 Å². The van der Waals surface area contributed by atoms with E-state index in [1.54, 1.807) is 13.0 Å². The van der Waals surface area contributed by atoms with E-state index in [0.29, 0.717) is 24.1 Å². The van der Waals surface area contributed by atoms with E-state index in [-0.39, 0.29) is 24.1 Å². The molecular formula is C18H18ClF3N4O4S. The molecule has 0 saturated carbocycles. The zero-order valence-corrected chi connectivity index (χ0v) is 17.6. The van der Waals surface area contributed by atoms with Gasteiger partial charge in [0.1, 0.15) is 16.4 Å². The molecule has 2 aromatic carbocycles. The van der Waals surface area contributed by atoms with E-state index in [9.17, 15) is 21.6 Å². The van der Waals surface area contributed by atoms with Gasteiger partial charge in [-0.25, -0.2) is 0 Å². The Hall–Kier alpha value is -2.99. The number of nitrogens with zero attached hydrogens (tertiary/aromatic N) is 2. The summed E-state index contributed by atoms with van der Waals surface area (Å²) in [5, 5.41) is 6.60. The van der Waals surface area contributed by atoms with Crippen LogP contribution in [0.25, 0.3) is 0 Å². The van der Waals surface area contributed by atoms with Crippen molar-refractivity contribution < 1.29 is 30.5 Å². The van der Waals surface area contributed by atoms with Crippen LogP contribution in [0.3, 0.4) is 0 Å². The topological polar surface area (TPSA) is 129 Å². The Morgan fingerprint density at radius 2 is 1.84 bits per heavy atom. The first-order valence-corrected chi connectivity index (χ1v) is 10.3. The van der Waals surface area contributed by atoms with Crippen LogP contribution in [0.5, 0.6) is 11.5 Å². The van der Waals surface area contributed by atoms with Crippen LogP contribution < -0.4 is 20.4 Å². The van der Waals surface area contributed by atoms with Gasteiger partial charge in [-0.15, -0.1) is 5.10 Å². The van der Waals surface area contributed by atoms with E-state index < -0.39 is 31.8 Å². The van der Waals surface area contributed by atoms with Crippen LogP contribution in [-0.4, -0.2) is 27.2 Å². The first-order chi connectivity index (χ1) is 14.4.